The van der Waals surface area contributed by atoms with Gasteiger partial charge in [0, 0.05) is 12.8 Å². The largest absolute Gasteiger partial charge is 0.474 e. The van der Waals surface area contributed by atoms with Crippen LogP contribution in [-0.4, -0.2) is 42.0 Å². The Bertz CT molecular complexity index is 527. The number of hydrogen-bond acceptors (Lipinski definition) is 6. The molecular weight excluding hydrogens is 266 g/mol. The van der Waals surface area contributed by atoms with Gasteiger partial charge in [0.15, 0.2) is 9.84 Å². The van der Waals surface area contributed by atoms with Crippen LogP contribution in [0.4, 0.5) is 5.82 Å². The van der Waals surface area contributed by atoms with Crippen molar-refractivity contribution in [2.24, 2.45) is 0 Å². The van der Waals surface area contributed by atoms with E-state index in [0.29, 0.717) is 11.7 Å². The third-order valence-corrected chi connectivity index (χ3v) is 4.82. The maximum atomic E-state index is 11.6. The van der Waals surface area contributed by atoms with Gasteiger partial charge >= 0.3 is 0 Å². The summed E-state index contributed by atoms with van der Waals surface area (Å²) in [6, 6.07) is 0. The molecule has 0 unspecified atom stereocenters. The van der Waals surface area contributed by atoms with Crippen molar-refractivity contribution in [3.05, 3.63) is 12.4 Å². The van der Waals surface area contributed by atoms with E-state index in [2.05, 4.69) is 15.3 Å². The maximum absolute atomic E-state index is 11.6. The summed E-state index contributed by atoms with van der Waals surface area (Å²) in [6.07, 6.45) is 4.29. The zero-order chi connectivity index (χ0) is 14.7. The second kappa shape index (κ2) is 5.73. The SMILES string of the molecule is CC(C)Oc1cncc(NCC(C)(C)S(C)(=O)=O)n1. The van der Waals surface area contributed by atoms with E-state index in [1.807, 2.05) is 13.8 Å². The zero-order valence-electron chi connectivity index (χ0n) is 12.0. The zero-order valence-corrected chi connectivity index (χ0v) is 12.8. The van der Waals surface area contributed by atoms with Gasteiger partial charge in [0.2, 0.25) is 5.88 Å². The summed E-state index contributed by atoms with van der Waals surface area (Å²) in [5.41, 5.74) is 0. The molecule has 0 amide bonds. The first-order valence-electron chi connectivity index (χ1n) is 6.04. The second-order valence-electron chi connectivity index (χ2n) is 5.29. The van der Waals surface area contributed by atoms with E-state index < -0.39 is 14.6 Å². The fourth-order valence-corrected chi connectivity index (χ4v) is 1.50. The average Bonchev–Trinajstić information content (AvgIpc) is 2.24. The summed E-state index contributed by atoms with van der Waals surface area (Å²) in [4.78, 5) is 8.21. The van der Waals surface area contributed by atoms with Crippen molar-refractivity contribution in [3.63, 3.8) is 0 Å². The van der Waals surface area contributed by atoms with Crippen molar-refractivity contribution in [2.75, 3.05) is 18.1 Å². The van der Waals surface area contributed by atoms with Gasteiger partial charge < -0.3 is 10.1 Å². The highest BCUT2D eigenvalue weighted by Crippen LogP contribution is 2.17. The molecule has 19 heavy (non-hydrogen) atoms. The predicted octanol–water partition coefficient (Wildman–Crippen LogP) is 1.50. The van der Waals surface area contributed by atoms with Crippen LogP contribution in [0.5, 0.6) is 5.88 Å². The van der Waals surface area contributed by atoms with E-state index in [1.54, 1.807) is 13.8 Å². The Morgan fingerprint density at radius 1 is 1.37 bits per heavy atom. The first-order valence-corrected chi connectivity index (χ1v) is 7.93. The number of hydrogen-bond donors (Lipinski definition) is 1. The molecule has 6 nitrogen and oxygen atoms in total. The van der Waals surface area contributed by atoms with Gasteiger partial charge in [-0.2, -0.15) is 4.98 Å². The molecule has 0 fully saturated rings. The topological polar surface area (TPSA) is 81.2 Å². The van der Waals surface area contributed by atoms with Gasteiger partial charge in [-0.15, -0.1) is 0 Å². The third kappa shape index (κ3) is 4.66. The maximum Gasteiger partial charge on any atom is 0.234 e. The Labute approximate surface area is 114 Å². The van der Waals surface area contributed by atoms with Crippen LogP contribution in [0, 0.1) is 0 Å². The molecule has 1 aromatic heterocycles. The molecular formula is C12H21N3O3S. The van der Waals surface area contributed by atoms with Crippen molar-refractivity contribution >= 4 is 15.7 Å². The van der Waals surface area contributed by atoms with E-state index in [-0.39, 0.29) is 12.6 Å². The molecule has 0 saturated heterocycles. The second-order valence-corrected chi connectivity index (χ2v) is 7.94. The van der Waals surface area contributed by atoms with E-state index in [1.165, 1.54) is 18.6 Å². The lowest BCUT2D eigenvalue weighted by Gasteiger charge is -2.23. The highest BCUT2D eigenvalue weighted by atomic mass is 32.2. The minimum Gasteiger partial charge on any atom is -0.474 e. The molecule has 1 aromatic rings. The molecule has 0 aromatic carbocycles. The normalized spacial score (nSPS) is 12.5. The number of aromatic nitrogens is 2. The number of nitrogens with one attached hydrogen (secondary N) is 1. The predicted molar refractivity (Wildman–Crippen MR) is 75.2 cm³/mol. The standard InChI is InChI=1S/C12H21N3O3S/c1-9(2)18-11-7-13-6-10(15-11)14-8-12(3,4)19(5,16)17/h6-7,9H,8H2,1-5H3,(H,14,15). The molecule has 1 heterocycles. The molecule has 0 aliphatic carbocycles. The van der Waals surface area contributed by atoms with Crippen molar-refractivity contribution in [1.82, 2.24) is 9.97 Å². The minimum atomic E-state index is -3.14. The van der Waals surface area contributed by atoms with Crippen molar-refractivity contribution in [1.29, 1.82) is 0 Å². The smallest absolute Gasteiger partial charge is 0.234 e. The molecule has 0 saturated carbocycles. The van der Waals surface area contributed by atoms with Crippen LogP contribution >= 0.6 is 0 Å². The number of anilines is 1. The van der Waals surface area contributed by atoms with E-state index in [9.17, 15) is 8.42 Å². The molecule has 1 N–H and O–H groups in total. The number of nitrogens with zero attached hydrogens (tertiary/aromatic N) is 2. The monoisotopic (exact) mass is 287 g/mol. The Hall–Kier alpha value is -1.37. The van der Waals surface area contributed by atoms with Gasteiger partial charge in [-0.1, -0.05) is 0 Å². The lowest BCUT2D eigenvalue weighted by atomic mass is 10.2. The van der Waals surface area contributed by atoms with Gasteiger partial charge in [-0.25, -0.2) is 8.42 Å². The van der Waals surface area contributed by atoms with E-state index in [4.69, 9.17) is 4.74 Å². The molecule has 0 radical (unpaired) electrons. The van der Waals surface area contributed by atoms with Crippen LogP contribution in [-0.2, 0) is 9.84 Å². The Morgan fingerprint density at radius 2 is 2.00 bits per heavy atom. The lowest BCUT2D eigenvalue weighted by molar-refractivity contribution is 0.232. The van der Waals surface area contributed by atoms with E-state index >= 15 is 0 Å². The molecule has 0 spiro atoms. The molecule has 0 atom stereocenters. The van der Waals surface area contributed by atoms with Gasteiger partial charge in [-0.05, 0) is 27.7 Å². The quantitative estimate of drug-likeness (QED) is 0.854. The Morgan fingerprint density at radius 3 is 2.53 bits per heavy atom. The molecule has 0 bridgehead atoms. The van der Waals surface area contributed by atoms with Crippen molar-refractivity contribution in [3.8, 4) is 5.88 Å². The average molecular weight is 287 g/mol. The molecule has 108 valence electrons. The third-order valence-electron chi connectivity index (χ3n) is 2.67. The van der Waals surface area contributed by atoms with Crippen LogP contribution in [0.1, 0.15) is 27.7 Å². The lowest BCUT2D eigenvalue weighted by Crippen LogP contribution is -2.38. The highest BCUT2D eigenvalue weighted by molar-refractivity contribution is 7.92. The van der Waals surface area contributed by atoms with Crippen LogP contribution in [0.2, 0.25) is 0 Å². The van der Waals surface area contributed by atoms with Gasteiger partial charge in [0.1, 0.15) is 5.82 Å². The van der Waals surface area contributed by atoms with Crippen LogP contribution < -0.4 is 10.1 Å². The summed E-state index contributed by atoms with van der Waals surface area (Å²) < 4.78 is 27.7. The van der Waals surface area contributed by atoms with Gasteiger partial charge in [-0.3, -0.25) is 4.98 Å². The first kappa shape index (κ1) is 15.7. The van der Waals surface area contributed by atoms with Crippen molar-refractivity contribution in [2.45, 2.75) is 38.5 Å². The van der Waals surface area contributed by atoms with E-state index in [0.717, 1.165) is 0 Å². The summed E-state index contributed by atoms with van der Waals surface area (Å²) in [7, 11) is -3.14. The number of ether oxygens (including phenoxy) is 1. The minimum absolute atomic E-state index is 0.0111. The number of sulfone groups is 1. The summed E-state index contributed by atoms with van der Waals surface area (Å²) >= 11 is 0. The summed E-state index contributed by atoms with van der Waals surface area (Å²) in [6.45, 7) is 7.38. The fourth-order valence-electron chi connectivity index (χ4n) is 1.17. The summed E-state index contributed by atoms with van der Waals surface area (Å²) in [5.74, 6) is 0.909. The van der Waals surface area contributed by atoms with Crippen LogP contribution in [0.25, 0.3) is 0 Å². The highest BCUT2D eigenvalue weighted by Gasteiger charge is 2.29. The fraction of sp³-hybridized carbons (Fsp3) is 0.667. The molecule has 0 aliphatic rings. The Kier molecular flexibility index (Phi) is 4.73. The summed E-state index contributed by atoms with van der Waals surface area (Å²) in [5, 5.41) is 2.97. The Balaban J connectivity index is 2.74. The van der Waals surface area contributed by atoms with Crippen LogP contribution in [0.15, 0.2) is 12.4 Å². The first-order chi connectivity index (χ1) is 8.62. The molecule has 0 aliphatic heterocycles. The molecule has 7 heteroatoms. The van der Waals surface area contributed by atoms with Gasteiger partial charge in [0.05, 0.1) is 23.2 Å². The van der Waals surface area contributed by atoms with Crippen LogP contribution in [0.3, 0.4) is 0 Å². The number of rotatable bonds is 6. The van der Waals surface area contributed by atoms with Gasteiger partial charge in [0.25, 0.3) is 0 Å². The molecule has 1 rings (SSSR count). The van der Waals surface area contributed by atoms with Crippen molar-refractivity contribution < 1.29 is 13.2 Å².